The van der Waals surface area contributed by atoms with Gasteiger partial charge in [-0.15, -0.1) is 0 Å². The molecule has 0 spiro atoms. The van der Waals surface area contributed by atoms with Crippen LogP contribution in [0.5, 0.6) is 0 Å². The van der Waals surface area contributed by atoms with E-state index in [0.717, 1.165) is 4.90 Å². The molecular formula is C16H15F2N3O2. The van der Waals surface area contributed by atoms with E-state index in [-0.39, 0.29) is 18.6 Å². The van der Waals surface area contributed by atoms with Gasteiger partial charge in [-0.05, 0) is 6.07 Å². The number of ketones is 1. The molecule has 1 saturated heterocycles. The number of nitriles is 1. The first kappa shape index (κ1) is 16.7. The molecule has 2 rings (SSSR count). The summed E-state index contributed by atoms with van der Waals surface area (Å²) in [4.78, 5) is 28.9. The van der Waals surface area contributed by atoms with Crippen molar-refractivity contribution in [3.63, 3.8) is 0 Å². The number of hydrogen-bond acceptors (Lipinski definition) is 4. The molecule has 120 valence electrons. The lowest BCUT2D eigenvalue weighted by atomic mass is 10.0. The molecule has 0 radical (unpaired) electrons. The molecular weight excluding hydrogens is 304 g/mol. The van der Waals surface area contributed by atoms with Crippen molar-refractivity contribution in [2.24, 2.45) is 0 Å². The third kappa shape index (κ3) is 3.77. The molecule has 1 aromatic heterocycles. The first-order chi connectivity index (χ1) is 10.9. The number of rotatable bonds is 5. The monoisotopic (exact) mass is 319 g/mol. The lowest BCUT2D eigenvalue weighted by Gasteiger charge is -2.18. The van der Waals surface area contributed by atoms with Crippen molar-refractivity contribution in [3.05, 3.63) is 36.2 Å². The fourth-order valence-corrected chi connectivity index (χ4v) is 2.52. The van der Waals surface area contributed by atoms with E-state index in [1.165, 1.54) is 24.5 Å². The molecule has 5 nitrogen and oxygen atoms in total. The lowest BCUT2D eigenvalue weighted by Crippen LogP contribution is -2.36. The number of pyridine rings is 1. The van der Waals surface area contributed by atoms with Crippen molar-refractivity contribution in [1.82, 2.24) is 9.88 Å². The van der Waals surface area contributed by atoms with Crippen LogP contribution in [0.25, 0.3) is 6.08 Å². The normalized spacial score (nSPS) is 19.2. The molecule has 1 aliphatic heterocycles. The Kier molecular flexibility index (Phi) is 4.84. The number of carbonyl (C=O) groups excluding carboxylic acids is 2. The van der Waals surface area contributed by atoms with Crippen molar-refractivity contribution in [1.29, 1.82) is 5.26 Å². The van der Waals surface area contributed by atoms with Gasteiger partial charge in [-0.3, -0.25) is 14.6 Å². The summed E-state index contributed by atoms with van der Waals surface area (Å²) in [7, 11) is 0. The Morgan fingerprint density at radius 2 is 2.26 bits per heavy atom. The van der Waals surface area contributed by atoms with E-state index >= 15 is 0 Å². The lowest BCUT2D eigenvalue weighted by molar-refractivity contribution is -0.132. The Labute approximate surface area is 132 Å². The second-order valence-corrected chi connectivity index (χ2v) is 5.32. The number of alkyl halides is 2. The summed E-state index contributed by atoms with van der Waals surface area (Å²) in [6.45, 7) is 2.81. The molecule has 1 atom stereocenters. The maximum Gasteiger partial charge on any atom is 0.268 e. The first-order valence-electron chi connectivity index (χ1n) is 7.04. The van der Waals surface area contributed by atoms with E-state index in [1.54, 1.807) is 6.07 Å². The van der Waals surface area contributed by atoms with Crippen LogP contribution >= 0.6 is 0 Å². The van der Waals surface area contributed by atoms with E-state index < -0.39 is 30.8 Å². The zero-order valence-electron chi connectivity index (χ0n) is 12.3. The number of halogens is 2. The number of Topliss-reactive ketones (excluding diaryl/α,β-unsaturated/α-hetero) is 1. The molecule has 2 heterocycles. The molecule has 1 amide bonds. The van der Waals surface area contributed by atoms with E-state index in [2.05, 4.69) is 11.6 Å². The fraction of sp³-hybridized carbons (Fsp3) is 0.375. The van der Waals surface area contributed by atoms with Crippen LogP contribution in [0.2, 0.25) is 0 Å². The SMILES string of the molecule is C=Cc1cnccc1C(=O)CCC(=O)N1CC(F)(F)C[C@H]1C#N. The van der Waals surface area contributed by atoms with Gasteiger partial charge in [0.05, 0.1) is 12.6 Å². The largest absolute Gasteiger partial charge is 0.320 e. The third-order valence-corrected chi connectivity index (χ3v) is 3.68. The third-order valence-electron chi connectivity index (χ3n) is 3.68. The Morgan fingerprint density at radius 3 is 2.91 bits per heavy atom. The van der Waals surface area contributed by atoms with Crippen molar-refractivity contribution >= 4 is 17.8 Å². The number of carbonyl (C=O) groups is 2. The highest BCUT2D eigenvalue weighted by Gasteiger charge is 2.47. The number of likely N-dealkylation sites (tertiary alicyclic amines) is 1. The van der Waals surface area contributed by atoms with Gasteiger partial charge < -0.3 is 4.90 Å². The average molecular weight is 319 g/mol. The van der Waals surface area contributed by atoms with Gasteiger partial charge in [-0.2, -0.15) is 5.26 Å². The van der Waals surface area contributed by atoms with E-state index in [9.17, 15) is 18.4 Å². The van der Waals surface area contributed by atoms with Gasteiger partial charge in [0, 0.05) is 42.8 Å². The minimum Gasteiger partial charge on any atom is -0.320 e. The van der Waals surface area contributed by atoms with Gasteiger partial charge in [0.25, 0.3) is 5.92 Å². The maximum atomic E-state index is 13.3. The summed E-state index contributed by atoms with van der Waals surface area (Å²) < 4.78 is 26.6. The van der Waals surface area contributed by atoms with Crippen LogP contribution in [0.1, 0.15) is 35.2 Å². The number of nitrogens with zero attached hydrogens (tertiary/aromatic N) is 3. The van der Waals surface area contributed by atoms with Crippen LogP contribution in [0, 0.1) is 11.3 Å². The van der Waals surface area contributed by atoms with E-state index in [1.807, 2.05) is 0 Å². The standard InChI is InChI=1S/C16H15F2N3O2/c1-2-11-9-20-6-5-13(11)14(22)3-4-15(23)21-10-16(17,18)7-12(21)8-19/h2,5-6,9,12H,1,3-4,7,10H2/t12-/m0/s1. The van der Waals surface area contributed by atoms with Gasteiger partial charge >= 0.3 is 0 Å². The van der Waals surface area contributed by atoms with Crippen LogP contribution in [0.15, 0.2) is 25.0 Å². The Balaban J connectivity index is 2.01. The minimum absolute atomic E-state index is 0.121. The Morgan fingerprint density at radius 1 is 1.52 bits per heavy atom. The molecule has 0 aliphatic carbocycles. The summed E-state index contributed by atoms with van der Waals surface area (Å²) in [5.41, 5.74) is 0.930. The zero-order chi connectivity index (χ0) is 17.0. The Bertz CT molecular complexity index is 682. The Hall–Kier alpha value is -2.62. The molecule has 1 aliphatic rings. The highest BCUT2D eigenvalue weighted by Crippen LogP contribution is 2.32. The number of aromatic nitrogens is 1. The molecule has 0 bridgehead atoms. The van der Waals surface area contributed by atoms with Crippen LogP contribution in [0.4, 0.5) is 8.78 Å². The van der Waals surface area contributed by atoms with Gasteiger partial charge in [-0.25, -0.2) is 8.78 Å². The summed E-state index contributed by atoms with van der Waals surface area (Å²) in [6.07, 6.45) is 3.42. The summed E-state index contributed by atoms with van der Waals surface area (Å²) >= 11 is 0. The van der Waals surface area contributed by atoms with E-state index in [4.69, 9.17) is 5.26 Å². The molecule has 1 aromatic rings. The van der Waals surface area contributed by atoms with Crippen LogP contribution < -0.4 is 0 Å². The zero-order valence-corrected chi connectivity index (χ0v) is 12.3. The highest BCUT2D eigenvalue weighted by atomic mass is 19.3. The molecule has 7 heteroatoms. The van der Waals surface area contributed by atoms with Crippen molar-refractivity contribution in [3.8, 4) is 6.07 Å². The molecule has 0 unspecified atom stereocenters. The smallest absolute Gasteiger partial charge is 0.268 e. The second kappa shape index (κ2) is 6.65. The summed E-state index contributed by atoms with van der Waals surface area (Å²) in [5, 5.41) is 8.88. The minimum atomic E-state index is -3.05. The van der Waals surface area contributed by atoms with Gasteiger partial charge in [0.1, 0.15) is 6.04 Å². The van der Waals surface area contributed by atoms with E-state index in [0.29, 0.717) is 11.1 Å². The topological polar surface area (TPSA) is 74.1 Å². The van der Waals surface area contributed by atoms with Crippen LogP contribution in [0.3, 0.4) is 0 Å². The predicted molar refractivity (Wildman–Crippen MR) is 78.6 cm³/mol. The molecule has 1 fully saturated rings. The van der Waals surface area contributed by atoms with Crippen molar-refractivity contribution in [2.45, 2.75) is 31.2 Å². The fourth-order valence-electron chi connectivity index (χ4n) is 2.52. The average Bonchev–Trinajstić information content (AvgIpc) is 2.87. The van der Waals surface area contributed by atoms with Crippen LogP contribution in [-0.2, 0) is 4.79 Å². The molecule has 0 N–H and O–H groups in total. The van der Waals surface area contributed by atoms with Crippen LogP contribution in [-0.4, -0.2) is 40.1 Å². The summed E-state index contributed by atoms with van der Waals surface area (Å²) in [6, 6.07) is 2.09. The van der Waals surface area contributed by atoms with Gasteiger partial charge in [-0.1, -0.05) is 12.7 Å². The van der Waals surface area contributed by atoms with Crippen molar-refractivity contribution < 1.29 is 18.4 Å². The van der Waals surface area contributed by atoms with Crippen molar-refractivity contribution in [2.75, 3.05) is 6.54 Å². The molecule has 23 heavy (non-hydrogen) atoms. The quantitative estimate of drug-likeness (QED) is 0.781. The number of hydrogen-bond donors (Lipinski definition) is 0. The maximum absolute atomic E-state index is 13.3. The van der Waals surface area contributed by atoms with Gasteiger partial charge in [0.15, 0.2) is 5.78 Å². The number of amides is 1. The summed E-state index contributed by atoms with van der Waals surface area (Å²) in [5.74, 6) is -3.97. The molecule has 0 saturated carbocycles. The van der Waals surface area contributed by atoms with Gasteiger partial charge in [0.2, 0.25) is 5.91 Å². The second-order valence-electron chi connectivity index (χ2n) is 5.32. The highest BCUT2D eigenvalue weighted by molar-refractivity contribution is 6.00. The first-order valence-corrected chi connectivity index (χ1v) is 7.04. The predicted octanol–water partition coefficient (Wildman–Crippen LogP) is 2.45. The molecule has 0 aromatic carbocycles.